The van der Waals surface area contributed by atoms with Gasteiger partial charge >= 0.3 is 23.9 Å². The second kappa shape index (κ2) is 27.1. The number of allylic oxidation sites excluding steroid dienone is 2. The SMILES string of the molecule is O=C(C=Cc1ccc(OCCCCCCOc2cc(C(=O)O)c(C(=O)O)c(-c3cc(OCCCCCCOc4ccc(C=CC(=O)c5ccc(F)cc5)cc4)cc(C(=O)O)c3C(=O)O)c2)cc1)c1ccc(F)cc1. The number of halogens is 2. The quantitative estimate of drug-likeness (QED) is 0.0195. The standard InChI is InChI=1S/C58H52F2O14/c59-41-19-15-39(16-20-41)51(61)27-13-37-9-23-43(24-10-37)71-29-5-1-3-7-31-73-45-33-47(53(57(67)68)49(35-45)55(63)64)48-34-46(36-50(56(65)66)54(48)58(69)70)74-32-8-4-2-6-30-72-44-25-11-38(12-26-44)14-28-52(62)40-17-21-42(60)22-18-40/h9-28,33-36H,1-8,29-32H2,(H,63,64)(H,65,66)(H,67,68)(H,69,70). The van der Waals surface area contributed by atoms with Crippen LogP contribution < -0.4 is 18.9 Å². The first kappa shape index (κ1) is 54.4. The normalized spacial score (nSPS) is 11.1. The Hall–Kier alpha value is -8.92. The fourth-order valence-electron chi connectivity index (χ4n) is 7.61. The largest absolute Gasteiger partial charge is 0.494 e. The average molecular weight is 1010 g/mol. The molecule has 6 aromatic rings. The Kier molecular flexibility index (Phi) is 19.9. The van der Waals surface area contributed by atoms with Crippen molar-refractivity contribution in [3.63, 3.8) is 0 Å². The van der Waals surface area contributed by atoms with Crippen LogP contribution in [0.4, 0.5) is 8.78 Å². The number of carbonyl (C=O) groups is 6. The van der Waals surface area contributed by atoms with E-state index in [4.69, 9.17) is 18.9 Å². The number of hydrogen-bond acceptors (Lipinski definition) is 10. The summed E-state index contributed by atoms with van der Waals surface area (Å²) in [6, 6.07) is 29.3. The Morgan fingerprint density at radius 2 is 0.689 bits per heavy atom. The van der Waals surface area contributed by atoms with Crippen LogP contribution in [0.15, 0.2) is 133 Å². The van der Waals surface area contributed by atoms with E-state index in [0.29, 0.717) is 74.4 Å². The number of benzene rings is 6. The summed E-state index contributed by atoms with van der Waals surface area (Å²) in [7, 11) is 0. The molecule has 6 aromatic carbocycles. The first-order valence-electron chi connectivity index (χ1n) is 23.6. The smallest absolute Gasteiger partial charge is 0.337 e. The fourth-order valence-corrected chi connectivity index (χ4v) is 7.61. The van der Waals surface area contributed by atoms with Crippen LogP contribution in [0.2, 0.25) is 0 Å². The lowest BCUT2D eigenvalue weighted by Gasteiger charge is -2.18. The van der Waals surface area contributed by atoms with Crippen LogP contribution in [0, 0.1) is 11.6 Å². The van der Waals surface area contributed by atoms with Gasteiger partial charge in [-0.15, -0.1) is 0 Å². The molecule has 16 heteroatoms. The Morgan fingerprint density at radius 1 is 0.378 bits per heavy atom. The zero-order valence-corrected chi connectivity index (χ0v) is 40.0. The highest BCUT2D eigenvalue weighted by Gasteiger charge is 2.29. The highest BCUT2D eigenvalue weighted by Crippen LogP contribution is 2.38. The molecule has 0 radical (unpaired) electrons. The molecule has 0 saturated heterocycles. The molecule has 74 heavy (non-hydrogen) atoms. The lowest BCUT2D eigenvalue weighted by Crippen LogP contribution is -2.15. The molecule has 0 unspecified atom stereocenters. The van der Waals surface area contributed by atoms with Gasteiger partial charge in [0, 0.05) is 22.3 Å². The Labute approximate surface area is 424 Å². The molecule has 0 atom stereocenters. The summed E-state index contributed by atoms with van der Waals surface area (Å²) in [6.45, 7) is 0.999. The number of carboxylic acids is 4. The second-order valence-corrected chi connectivity index (χ2v) is 16.8. The van der Waals surface area contributed by atoms with Crippen molar-refractivity contribution in [1.29, 1.82) is 0 Å². The van der Waals surface area contributed by atoms with E-state index in [0.717, 1.165) is 36.1 Å². The van der Waals surface area contributed by atoms with Gasteiger partial charge in [-0.1, -0.05) is 36.4 Å². The van der Waals surface area contributed by atoms with E-state index in [-0.39, 0.29) is 47.4 Å². The highest BCUT2D eigenvalue weighted by atomic mass is 19.1. The van der Waals surface area contributed by atoms with E-state index in [1.54, 1.807) is 60.7 Å². The first-order valence-corrected chi connectivity index (χ1v) is 23.6. The van der Waals surface area contributed by atoms with Gasteiger partial charge in [0.2, 0.25) is 0 Å². The van der Waals surface area contributed by atoms with Crippen LogP contribution >= 0.6 is 0 Å². The van der Waals surface area contributed by atoms with Crippen LogP contribution in [0.3, 0.4) is 0 Å². The lowest BCUT2D eigenvalue weighted by molar-refractivity contribution is 0.0649. The van der Waals surface area contributed by atoms with Crippen molar-refractivity contribution in [2.75, 3.05) is 26.4 Å². The number of hydrogen-bond donors (Lipinski definition) is 4. The minimum absolute atomic E-state index is 0.0748. The Morgan fingerprint density at radius 3 is 0.986 bits per heavy atom. The number of carbonyl (C=O) groups excluding carboxylic acids is 2. The molecular weight excluding hydrogens is 959 g/mol. The molecule has 0 spiro atoms. The molecule has 6 rings (SSSR count). The van der Waals surface area contributed by atoms with Gasteiger partial charge in [0.05, 0.1) is 48.7 Å². The molecular formula is C58H52F2O14. The van der Waals surface area contributed by atoms with Crippen molar-refractivity contribution in [3.8, 4) is 34.1 Å². The molecule has 382 valence electrons. The summed E-state index contributed by atoms with van der Waals surface area (Å²) in [6.07, 6.45) is 11.4. The molecule has 0 fully saturated rings. The Balaban J connectivity index is 0.988. The number of aromatic carboxylic acids is 4. The number of ether oxygens (including phenoxy) is 4. The van der Waals surface area contributed by atoms with Gasteiger partial charge in [0.15, 0.2) is 11.6 Å². The molecule has 0 aliphatic carbocycles. The summed E-state index contributed by atoms with van der Waals surface area (Å²) in [5, 5.41) is 40.7. The van der Waals surface area contributed by atoms with Gasteiger partial charge in [-0.05, 0) is 172 Å². The van der Waals surface area contributed by atoms with Gasteiger partial charge < -0.3 is 39.4 Å². The third-order valence-electron chi connectivity index (χ3n) is 11.4. The second-order valence-electron chi connectivity index (χ2n) is 16.8. The van der Waals surface area contributed by atoms with Gasteiger partial charge in [0.1, 0.15) is 34.6 Å². The van der Waals surface area contributed by atoms with Gasteiger partial charge in [-0.2, -0.15) is 0 Å². The molecule has 4 N–H and O–H groups in total. The molecule has 0 bridgehead atoms. The maximum atomic E-state index is 13.2. The van der Waals surface area contributed by atoms with E-state index in [1.165, 1.54) is 72.8 Å². The lowest BCUT2D eigenvalue weighted by atomic mass is 9.89. The number of ketones is 2. The molecule has 0 amide bonds. The zero-order valence-electron chi connectivity index (χ0n) is 40.0. The van der Waals surface area contributed by atoms with Crippen molar-refractivity contribution in [3.05, 3.63) is 190 Å². The van der Waals surface area contributed by atoms with E-state index >= 15 is 0 Å². The van der Waals surface area contributed by atoms with E-state index in [9.17, 15) is 58.0 Å². The van der Waals surface area contributed by atoms with Crippen molar-refractivity contribution >= 4 is 47.6 Å². The van der Waals surface area contributed by atoms with Gasteiger partial charge in [-0.3, -0.25) is 9.59 Å². The van der Waals surface area contributed by atoms with Crippen molar-refractivity contribution in [2.24, 2.45) is 0 Å². The summed E-state index contributed by atoms with van der Waals surface area (Å²) in [5.41, 5.74) is -1.42. The number of rotatable bonds is 29. The average Bonchev–Trinajstić information content (AvgIpc) is 3.39. The van der Waals surface area contributed by atoms with Crippen LogP contribution in [-0.4, -0.2) is 82.3 Å². The highest BCUT2D eigenvalue weighted by molar-refractivity contribution is 6.12. The van der Waals surface area contributed by atoms with Crippen LogP contribution in [0.5, 0.6) is 23.0 Å². The monoisotopic (exact) mass is 1010 g/mol. The summed E-state index contributed by atoms with van der Waals surface area (Å²) in [4.78, 5) is 74.9. The third kappa shape index (κ3) is 16.0. The Bertz CT molecular complexity index is 2790. The predicted molar refractivity (Wildman–Crippen MR) is 271 cm³/mol. The first-order chi connectivity index (χ1) is 35.7. The van der Waals surface area contributed by atoms with Crippen molar-refractivity contribution in [1.82, 2.24) is 0 Å². The molecule has 0 saturated carbocycles. The van der Waals surface area contributed by atoms with E-state index in [2.05, 4.69) is 0 Å². The minimum Gasteiger partial charge on any atom is -0.494 e. The minimum atomic E-state index is -1.70. The van der Waals surface area contributed by atoms with Crippen LogP contribution in [0.25, 0.3) is 23.3 Å². The third-order valence-corrected chi connectivity index (χ3v) is 11.4. The fraction of sp³-hybridized carbons (Fsp3) is 0.207. The molecule has 14 nitrogen and oxygen atoms in total. The molecule has 0 aliphatic rings. The summed E-state index contributed by atoms with van der Waals surface area (Å²) < 4.78 is 49.8. The van der Waals surface area contributed by atoms with Crippen LogP contribution in [-0.2, 0) is 0 Å². The maximum absolute atomic E-state index is 13.2. The van der Waals surface area contributed by atoms with Crippen LogP contribution in [0.1, 0.15) is 125 Å². The topological polar surface area (TPSA) is 220 Å². The maximum Gasteiger partial charge on any atom is 0.337 e. The van der Waals surface area contributed by atoms with E-state index < -0.39 is 57.8 Å². The van der Waals surface area contributed by atoms with Gasteiger partial charge in [-0.25, -0.2) is 28.0 Å². The molecule has 0 heterocycles. The molecule has 0 aromatic heterocycles. The van der Waals surface area contributed by atoms with Crippen molar-refractivity contribution in [2.45, 2.75) is 51.4 Å². The number of carboxylic acid groups (broad SMARTS) is 4. The predicted octanol–water partition coefficient (Wildman–Crippen LogP) is 12.3. The summed E-state index contributed by atoms with van der Waals surface area (Å²) >= 11 is 0. The van der Waals surface area contributed by atoms with Crippen molar-refractivity contribution < 1.29 is 76.9 Å². The molecule has 0 aliphatic heterocycles. The summed E-state index contributed by atoms with van der Waals surface area (Å²) in [5.74, 6) is -6.90. The zero-order chi connectivity index (χ0) is 53.0. The van der Waals surface area contributed by atoms with E-state index in [1.807, 2.05) is 0 Å². The number of unbranched alkanes of at least 4 members (excludes halogenated alkanes) is 6. The van der Waals surface area contributed by atoms with Gasteiger partial charge in [0.25, 0.3) is 0 Å².